The van der Waals surface area contributed by atoms with Crippen molar-refractivity contribution in [2.75, 3.05) is 38.3 Å². The second-order valence-corrected chi connectivity index (χ2v) is 4.96. The Morgan fingerprint density at radius 3 is 2.74 bits per heavy atom. The van der Waals surface area contributed by atoms with Gasteiger partial charge < -0.3 is 15.0 Å². The number of nitrogens with zero attached hydrogens (tertiary/aromatic N) is 1. The molecule has 0 amide bonds. The van der Waals surface area contributed by atoms with Gasteiger partial charge in [-0.05, 0) is 31.0 Å². The quantitative estimate of drug-likeness (QED) is 0.704. The van der Waals surface area contributed by atoms with E-state index in [2.05, 4.69) is 36.2 Å². The highest BCUT2D eigenvalue weighted by atomic mass is 35.5. The van der Waals surface area contributed by atoms with Crippen LogP contribution in [0.2, 0.25) is 5.02 Å². The standard InChI is InChI=1S/C15H25ClN2O/c1-4-9-18(5-2)15-11-14(16)7-6-13(15)12-17-8-10-19-3/h6-7,11,17H,4-5,8-10,12H2,1-3H3. The van der Waals surface area contributed by atoms with Crippen LogP contribution in [0.5, 0.6) is 0 Å². The van der Waals surface area contributed by atoms with Gasteiger partial charge in [-0.15, -0.1) is 0 Å². The van der Waals surface area contributed by atoms with Crippen LogP contribution in [-0.2, 0) is 11.3 Å². The fraction of sp³-hybridized carbons (Fsp3) is 0.600. The van der Waals surface area contributed by atoms with Crippen molar-refractivity contribution >= 4 is 17.3 Å². The number of hydrogen-bond donors (Lipinski definition) is 1. The fourth-order valence-electron chi connectivity index (χ4n) is 2.10. The SMILES string of the molecule is CCCN(CC)c1cc(Cl)ccc1CNCCOC. The maximum Gasteiger partial charge on any atom is 0.0587 e. The topological polar surface area (TPSA) is 24.5 Å². The summed E-state index contributed by atoms with van der Waals surface area (Å²) in [7, 11) is 1.72. The van der Waals surface area contributed by atoms with Gasteiger partial charge in [0.15, 0.2) is 0 Å². The van der Waals surface area contributed by atoms with Gasteiger partial charge in [0.2, 0.25) is 0 Å². The van der Waals surface area contributed by atoms with Crippen LogP contribution >= 0.6 is 11.6 Å². The molecule has 0 unspecified atom stereocenters. The molecule has 0 aromatic heterocycles. The number of anilines is 1. The van der Waals surface area contributed by atoms with Gasteiger partial charge in [0, 0.05) is 44.0 Å². The number of benzene rings is 1. The van der Waals surface area contributed by atoms with E-state index in [-0.39, 0.29) is 0 Å². The minimum atomic E-state index is 0.732. The zero-order valence-corrected chi connectivity index (χ0v) is 13.0. The summed E-state index contributed by atoms with van der Waals surface area (Å²) in [4.78, 5) is 2.37. The Hall–Kier alpha value is -0.770. The summed E-state index contributed by atoms with van der Waals surface area (Å²) in [6, 6.07) is 6.13. The van der Waals surface area contributed by atoms with Crippen molar-refractivity contribution in [2.24, 2.45) is 0 Å². The zero-order chi connectivity index (χ0) is 14.1. The molecule has 0 saturated heterocycles. The van der Waals surface area contributed by atoms with Crippen molar-refractivity contribution in [1.82, 2.24) is 5.32 Å². The van der Waals surface area contributed by atoms with E-state index in [1.807, 2.05) is 6.07 Å². The first-order chi connectivity index (χ1) is 9.22. The molecule has 4 heteroatoms. The van der Waals surface area contributed by atoms with Gasteiger partial charge in [-0.2, -0.15) is 0 Å². The Labute approximate surface area is 121 Å². The molecule has 0 bridgehead atoms. The molecule has 1 N–H and O–H groups in total. The van der Waals surface area contributed by atoms with Crippen LogP contribution < -0.4 is 10.2 Å². The predicted octanol–water partition coefficient (Wildman–Crippen LogP) is 3.31. The smallest absolute Gasteiger partial charge is 0.0587 e. The number of hydrogen-bond acceptors (Lipinski definition) is 3. The average Bonchev–Trinajstić information content (AvgIpc) is 2.42. The second kappa shape index (κ2) is 9.18. The lowest BCUT2D eigenvalue weighted by molar-refractivity contribution is 0.199. The van der Waals surface area contributed by atoms with Crippen molar-refractivity contribution in [1.29, 1.82) is 0 Å². The van der Waals surface area contributed by atoms with Gasteiger partial charge in [0.25, 0.3) is 0 Å². The summed E-state index contributed by atoms with van der Waals surface area (Å²) in [5.41, 5.74) is 2.53. The summed E-state index contributed by atoms with van der Waals surface area (Å²) in [5.74, 6) is 0. The van der Waals surface area contributed by atoms with Crippen LogP contribution in [-0.4, -0.2) is 33.4 Å². The van der Waals surface area contributed by atoms with Crippen LogP contribution in [0.4, 0.5) is 5.69 Å². The highest BCUT2D eigenvalue weighted by molar-refractivity contribution is 6.30. The van der Waals surface area contributed by atoms with E-state index in [0.29, 0.717) is 0 Å². The molecular weight excluding hydrogens is 260 g/mol. The van der Waals surface area contributed by atoms with Crippen molar-refractivity contribution in [2.45, 2.75) is 26.8 Å². The van der Waals surface area contributed by atoms with Gasteiger partial charge in [0.1, 0.15) is 0 Å². The van der Waals surface area contributed by atoms with Gasteiger partial charge >= 0.3 is 0 Å². The molecule has 108 valence electrons. The third kappa shape index (κ3) is 5.39. The molecular formula is C15H25ClN2O. The number of nitrogens with one attached hydrogen (secondary N) is 1. The summed E-state index contributed by atoms with van der Waals surface area (Å²) < 4.78 is 5.04. The van der Waals surface area contributed by atoms with Crippen LogP contribution in [0.25, 0.3) is 0 Å². The molecule has 0 spiro atoms. The Kier molecular flexibility index (Phi) is 7.87. The minimum absolute atomic E-state index is 0.732. The van der Waals surface area contributed by atoms with Gasteiger partial charge in [-0.1, -0.05) is 24.6 Å². The minimum Gasteiger partial charge on any atom is -0.383 e. The van der Waals surface area contributed by atoms with E-state index in [1.165, 1.54) is 11.3 Å². The lowest BCUT2D eigenvalue weighted by Crippen LogP contribution is -2.26. The first-order valence-corrected chi connectivity index (χ1v) is 7.33. The molecule has 0 aliphatic carbocycles. The average molecular weight is 285 g/mol. The highest BCUT2D eigenvalue weighted by Gasteiger charge is 2.09. The van der Waals surface area contributed by atoms with Crippen LogP contribution in [0.1, 0.15) is 25.8 Å². The van der Waals surface area contributed by atoms with E-state index >= 15 is 0 Å². The maximum atomic E-state index is 6.13. The Morgan fingerprint density at radius 2 is 2.11 bits per heavy atom. The first-order valence-electron chi connectivity index (χ1n) is 6.95. The van der Waals surface area contributed by atoms with Gasteiger partial charge in [-0.25, -0.2) is 0 Å². The molecule has 1 aromatic carbocycles. The largest absolute Gasteiger partial charge is 0.383 e. The highest BCUT2D eigenvalue weighted by Crippen LogP contribution is 2.25. The molecule has 0 aliphatic rings. The normalized spacial score (nSPS) is 10.7. The van der Waals surface area contributed by atoms with E-state index in [0.717, 1.165) is 44.2 Å². The molecule has 0 saturated carbocycles. The summed E-state index contributed by atoms with van der Waals surface area (Å²) in [6.45, 7) is 8.87. The Balaban J connectivity index is 2.78. The van der Waals surface area contributed by atoms with Crippen molar-refractivity contribution < 1.29 is 4.74 Å². The summed E-state index contributed by atoms with van der Waals surface area (Å²) in [6.07, 6.45) is 1.14. The third-order valence-corrected chi connectivity index (χ3v) is 3.30. The first kappa shape index (κ1) is 16.3. The second-order valence-electron chi connectivity index (χ2n) is 4.52. The number of methoxy groups -OCH3 is 1. The van der Waals surface area contributed by atoms with E-state index in [4.69, 9.17) is 16.3 Å². The molecule has 0 aliphatic heterocycles. The number of rotatable bonds is 9. The van der Waals surface area contributed by atoms with Crippen LogP contribution in [0.15, 0.2) is 18.2 Å². The molecule has 1 rings (SSSR count). The fourth-order valence-corrected chi connectivity index (χ4v) is 2.26. The molecule has 1 aromatic rings. The van der Waals surface area contributed by atoms with E-state index < -0.39 is 0 Å². The summed E-state index contributed by atoms with van der Waals surface area (Å²) in [5, 5.41) is 4.19. The molecule has 0 heterocycles. The lowest BCUT2D eigenvalue weighted by Gasteiger charge is -2.25. The zero-order valence-electron chi connectivity index (χ0n) is 12.2. The third-order valence-electron chi connectivity index (χ3n) is 3.06. The lowest BCUT2D eigenvalue weighted by atomic mass is 10.1. The van der Waals surface area contributed by atoms with Crippen LogP contribution in [0, 0.1) is 0 Å². The molecule has 0 atom stereocenters. The van der Waals surface area contributed by atoms with Crippen molar-refractivity contribution in [3.8, 4) is 0 Å². The van der Waals surface area contributed by atoms with E-state index in [9.17, 15) is 0 Å². The Bertz CT molecular complexity index is 371. The maximum absolute atomic E-state index is 6.13. The Morgan fingerprint density at radius 1 is 1.32 bits per heavy atom. The monoisotopic (exact) mass is 284 g/mol. The van der Waals surface area contributed by atoms with Crippen molar-refractivity contribution in [3.63, 3.8) is 0 Å². The molecule has 0 radical (unpaired) electrons. The predicted molar refractivity (Wildman–Crippen MR) is 83.2 cm³/mol. The molecule has 19 heavy (non-hydrogen) atoms. The number of halogens is 1. The van der Waals surface area contributed by atoms with Gasteiger partial charge in [-0.3, -0.25) is 0 Å². The molecule has 0 fully saturated rings. The van der Waals surface area contributed by atoms with Crippen molar-refractivity contribution in [3.05, 3.63) is 28.8 Å². The van der Waals surface area contributed by atoms with E-state index in [1.54, 1.807) is 7.11 Å². The molecule has 3 nitrogen and oxygen atoms in total. The van der Waals surface area contributed by atoms with Gasteiger partial charge in [0.05, 0.1) is 6.61 Å². The number of ether oxygens (including phenoxy) is 1. The summed E-state index contributed by atoms with van der Waals surface area (Å²) >= 11 is 6.13. The van der Waals surface area contributed by atoms with Crippen LogP contribution in [0.3, 0.4) is 0 Å².